The summed E-state index contributed by atoms with van der Waals surface area (Å²) in [5.74, 6) is 0.0418. The molecule has 2 rings (SSSR count). The molecule has 1 aliphatic rings. The van der Waals surface area contributed by atoms with Crippen LogP contribution in [0, 0.1) is 0 Å². The van der Waals surface area contributed by atoms with Gasteiger partial charge in [0.2, 0.25) is 5.91 Å². The summed E-state index contributed by atoms with van der Waals surface area (Å²) >= 11 is 0. The van der Waals surface area contributed by atoms with E-state index in [2.05, 4.69) is 10.6 Å². The van der Waals surface area contributed by atoms with Crippen molar-refractivity contribution in [2.45, 2.75) is 25.3 Å². The topological polar surface area (TPSA) is 50.4 Å². The number of ether oxygens (including phenoxy) is 1. The second-order valence-corrected chi connectivity index (χ2v) is 4.58. The van der Waals surface area contributed by atoms with E-state index in [-0.39, 0.29) is 5.91 Å². The van der Waals surface area contributed by atoms with Crippen LogP contribution >= 0.6 is 0 Å². The number of benzene rings is 1. The smallest absolute Gasteiger partial charge is 0.224 e. The van der Waals surface area contributed by atoms with Crippen LogP contribution in [0.3, 0.4) is 0 Å². The number of nitrogens with one attached hydrogen (secondary N) is 2. The standard InChI is InChI=1S/C14H20N2O2/c1-15-14(17)10-11-2-4-12(5-3-11)16-13-6-8-18-9-7-13/h2-5,13,16H,6-10H2,1H3,(H,15,17). The monoisotopic (exact) mass is 248 g/mol. The van der Waals surface area contributed by atoms with Crippen molar-refractivity contribution in [3.05, 3.63) is 29.8 Å². The average Bonchev–Trinajstić information content (AvgIpc) is 2.42. The van der Waals surface area contributed by atoms with Crippen LogP contribution < -0.4 is 10.6 Å². The minimum atomic E-state index is 0.0418. The predicted molar refractivity (Wildman–Crippen MR) is 71.7 cm³/mol. The molecular formula is C14H20N2O2. The zero-order valence-corrected chi connectivity index (χ0v) is 10.7. The number of likely N-dealkylation sites (N-methyl/N-ethyl adjacent to an activating group) is 1. The number of anilines is 1. The second-order valence-electron chi connectivity index (χ2n) is 4.58. The van der Waals surface area contributed by atoms with Gasteiger partial charge in [0.1, 0.15) is 0 Å². The molecule has 1 aliphatic heterocycles. The number of carbonyl (C=O) groups excluding carboxylic acids is 1. The van der Waals surface area contributed by atoms with Gasteiger partial charge in [-0.3, -0.25) is 4.79 Å². The van der Waals surface area contributed by atoms with Gasteiger partial charge in [0.05, 0.1) is 6.42 Å². The maximum absolute atomic E-state index is 11.2. The third-order valence-electron chi connectivity index (χ3n) is 3.19. The van der Waals surface area contributed by atoms with Crippen LogP contribution in [0.25, 0.3) is 0 Å². The molecule has 0 radical (unpaired) electrons. The van der Waals surface area contributed by atoms with E-state index in [1.807, 2.05) is 24.3 Å². The number of hydrogen-bond acceptors (Lipinski definition) is 3. The molecule has 0 unspecified atom stereocenters. The molecule has 0 spiro atoms. The first-order valence-corrected chi connectivity index (χ1v) is 6.42. The second kappa shape index (κ2) is 6.40. The van der Waals surface area contributed by atoms with Gasteiger partial charge in [-0.1, -0.05) is 12.1 Å². The Balaban J connectivity index is 1.88. The summed E-state index contributed by atoms with van der Waals surface area (Å²) in [6, 6.07) is 8.57. The molecule has 0 bridgehead atoms. The van der Waals surface area contributed by atoms with E-state index < -0.39 is 0 Å². The Morgan fingerprint density at radius 2 is 1.94 bits per heavy atom. The van der Waals surface area contributed by atoms with Crippen molar-refractivity contribution >= 4 is 11.6 Å². The molecule has 1 aromatic carbocycles. The third-order valence-corrected chi connectivity index (χ3v) is 3.19. The lowest BCUT2D eigenvalue weighted by Crippen LogP contribution is -2.27. The van der Waals surface area contributed by atoms with E-state index in [0.29, 0.717) is 12.5 Å². The molecule has 1 amide bonds. The molecule has 0 saturated carbocycles. The van der Waals surface area contributed by atoms with Crippen molar-refractivity contribution in [2.75, 3.05) is 25.6 Å². The predicted octanol–water partition coefficient (Wildman–Crippen LogP) is 1.57. The molecule has 18 heavy (non-hydrogen) atoms. The maximum atomic E-state index is 11.2. The van der Waals surface area contributed by atoms with Gasteiger partial charge in [-0.2, -0.15) is 0 Å². The molecule has 1 saturated heterocycles. The Morgan fingerprint density at radius 3 is 2.56 bits per heavy atom. The van der Waals surface area contributed by atoms with Gasteiger partial charge in [0, 0.05) is 32.0 Å². The van der Waals surface area contributed by atoms with Crippen LogP contribution in [0.5, 0.6) is 0 Å². The highest BCUT2D eigenvalue weighted by Gasteiger charge is 2.13. The van der Waals surface area contributed by atoms with Crippen LogP contribution in [0.2, 0.25) is 0 Å². The van der Waals surface area contributed by atoms with Crippen molar-refractivity contribution in [3.8, 4) is 0 Å². The fourth-order valence-corrected chi connectivity index (χ4v) is 2.07. The van der Waals surface area contributed by atoms with Crippen LogP contribution in [0.15, 0.2) is 24.3 Å². The zero-order chi connectivity index (χ0) is 12.8. The fraction of sp³-hybridized carbons (Fsp3) is 0.500. The summed E-state index contributed by atoms with van der Waals surface area (Å²) in [5.41, 5.74) is 2.15. The lowest BCUT2D eigenvalue weighted by atomic mass is 10.1. The summed E-state index contributed by atoms with van der Waals surface area (Å²) in [4.78, 5) is 11.2. The Bertz CT molecular complexity index is 383. The van der Waals surface area contributed by atoms with E-state index in [1.54, 1.807) is 7.05 Å². The molecule has 1 heterocycles. The van der Waals surface area contributed by atoms with E-state index in [4.69, 9.17) is 4.74 Å². The first-order chi connectivity index (χ1) is 8.78. The first kappa shape index (κ1) is 12.9. The highest BCUT2D eigenvalue weighted by Crippen LogP contribution is 2.16. The quantitative estimate of drug-likeness (QED) is 0.850. The van der Waals surface area contributed by atoms with Gasteiger partial charge in [-0.05, 0) is 30.5 Å². The van der Waals surface area contributed by atoms with Crippen molar-refractivity contribution in [3.63, 3.8) is 0 Å². The number of carbonyl (C=O) groups is 1. The first-order valence-electron chi connectivity index (χ1n) is 6.42. The molecular weight excluding hydrogens is 228 g/mol. The Kier molecular flexibility index (Phi) is 4.59. The van der Waals surface area contributed by atoms with Gasteiger partial charge in [-0.25, -0.2) is 0 Å². The molecule has 2 N–H and O–H groups in total. The van der Waals surface area contributed by atoms with Crippen LogP contribution in [0.4, 0.5) is 5.69 Å². The Morgan fingerprint density at radius 1 is 1.28 bits per heavy atom. The molecule has 0 aromatic heterocycles. The number of rotatable bonds is 4. The summed E-state index contributed by atoms with van der Waals surface area (Å²) in [6.45, 7) is 1.68. The largest absolute Gasteiger partial charge is 0.382 e. The number of amides is 1. The maximum Gasteiger partial charge on any atom is 0.224 e. The summed E-state index contributed by atoms with van der Waals surface area (Å²) in [7, 11) is 1.66. The molecule has 1 aromatic rings. The van der Waals surface area contributed by atoms with Crippen molar-refractivity contribution in [2.24, 2.45) is 0 Å². The lowest BCUT2D eigenvalue weighted by molar-refractivity contribution is -0.119. The summed E-state index contributed by atoms with van der Waals surface area (Å²) < 4.78 is 5.33. The molecule has 0 atom stereocenters. The highest BCUT2D eigenvalue weighted by molar-refractivity contribution is 5.78. The highest BCUT2D eigenvalue weighted by atomic mass is 16.5. The van der Waals surface area contributed by atoms with E-state index >= 15 is 0 Å². The van der Waals surface area contributed by atoms with Gasteiger partial charge < -0.3 is 15.4 Å². The number of hydrogen-bond donors (Lipinski definition) is 2. The average molecular weight is 248 g/mol. The van der Waals surface area contributed by atoms with Gasteiger partial charge in [-0.15, -0.1) is 0 Å². The summed E-state index contributed by atoms with van der Waals surface area (Å²) in [5, 5.41) is 6.12. The summed E-state index contributed by atoms with van der Waals surface area (Å²) in [6.07, 6.45) is 2.55. The van der Waals surface area contributed by atoms with Crippen molar-refractivity contribution in [1.29, 1.82) is 0 Å². The zero-order valence-electron chi connectivity index (χ0n) is 10.7. The van der Waals surface area contributed by atoms with Crippen molar-refractivity contribution < 1.29 is 9.53 Å². The lowest BCUT2D eigenvalue weighted by Gasteiger charge is -2.24. The van der Waals surface area contributed by atoms with E-state index in [0.717, 1.165) is 37.3 Å². The van der Waals surface area contributed by atoms with Gasteiger partial charge in [0.25, 0.3) is 0 Å². The molecule has 1 fully saturated rings. The minimum Gasteiger partial charge on any atom is -0.382 e. The van der Waals surface area contributed by atoms with Gasteiger partial charge in [0.15, 0.2) is 0 Å². The minimum absolute atomic E-state index is 0.0418. The molecule has 0 aliphatic carbocycles. The normalized spacial score (nSPS) is 16.3. The fourth-order valence-electron chi connectivity index (χ4n) is 2.07. The van der Waals surface area contributed by atoms with Crippen molar-refractivity contribution in [1.82, 2.24) is 5.32 Å². The van der Waals surface area contributed by atoms with E-state index in [1.165, 1.54) is 0 Å². The van der Waals surface area contributed by atoms with Crippen LogP contribution in [-0.4, -0.2) is 32.2 Å². The third kappa shape index (κ3) is 3.74. The molecule has 98 valence electrons. The molecule has 4 heteroatoms. The molecule has 4 nitrogen and oxygen atoms in total. The Labute approximate surface area is 108 Å². The van der Waals surface area contributed by atoms with Gasteiger partial charge >= 0.3 is 0 Å². The van der Waals surface area contributed by atoms with Crippen LogP contribution in [0.1, 0.15) is 18.4 Å². The van der Waals surface area contributed by atoms with E-state index in [9.17, 15) is 4.79 Å². The Hall–Kier alpha value is -1.55. The van der Waals surface area contributed by atoms with Crippen LogP contribution in [-0.2, 0) is 16.0 Å². The SMILES string of the molecule is CNC(=O)Cc1ccc(NC2CCOCC2)cc1.